The second kappa shape index (κ2) is 10.2. The molecule has 150 valence electrons. The molecule has 3 rings (SSSR count). The SMILES string of the molecule is CN=C(NCC(C)Oc1ccccc1Cl)N1CCC(CN2CCOCC2)C1. The molecule has 1 aromatic rings. The standard InChI is InChI=1S/C20H31ClN4O2/c1-16(27-19-6-4-3-5-18(19)21)13-23-20(22-2)25-8-7-17(15-25)14-24-9-11-26-12-10-24/h3-6,16-17H,7-15H2,1-2H3,(H,22,23). The summed E-state index contributed by atoms with van der Waals surface area (Å²) in [6.45, 7) is 9.82. The van der Waals surface area contributed by atoms with Crippen molar-refractivity contribution in [3.05, 3.63) is 29.3 Å². The fourth-order valence-corrected chi connectivity index (χ4v) is 3.87. The average molecular weight is 395 g/mol. The molecule has 2 saturated heterocycles. The number of guanidine groups is 1. The third-order valence-electron chi connectivity index (χ3n) is 5.13. The van der Waals surface area contributed by atoms with Gasteiger partial charge in [-0.25, -0.2) is 0 Å². The van der Waals surface area contributed by atoms with Crippen LogP contribution in [-0.4, -0.2) is 81.4 Å². The number of hydrogen-bond donors (Lipinski definition) is 1. The zero-order chi connectivity index (χ0) is 19.1. The molecular weight excluding hydrogens is 364 g/mol. The molecule has 0 aromatic heterocycles. The Balaban J connectivity index is 1.43. The van der Waals surface area contributed by atoms with Gasteiger partial charge in [-0.15, -0.1) is 0 Å². The van der Waals surface area contributed by atoms with Crippen molar-refractivity contribution in [1.29, 1.82) is 0 Å². The number of morpholine rings is 1. The van der Waals surface area contributed by atoms with Crippen molar-refractivity contribution >= 4 is 17.6 Å². The van der Waals surface area contributed by atoms with Crippen molar-refractivity contribution in [2.45, 2.75) is 19.4 Å². The van der Waals surface area contributed by atoms with Crippen LogP contribution in [0.5, 0.6) is 5.75 Å². The molecule has 2 atom stereocenters. The summed E-state index contributed by atoms with van der Waals surface area (Å²) < 4.78 is 11.4. The summed E-state index contributed by atoms with van der Waals surface area (Å²) in [6.07, 6.45) is 1.21. The predicted molar refractivity (Wildman–Crippen MR) is 110 cm³/mol. The van der Waals surface area contributed by atoms with Gasteiger partial charge in [-0.1, -0.05) is 23.7 Å². The molecule has 0 bridgehead atoms. The number of nitrogens with zero attached hydrogens (tertiary/aromatic N) is 3. The van der Waals surface area contributed by atoms with Crippen molar-refractivity contribution in [2.24, 2.45) is 10.9 Å². The molecule has 2 aliphatic heterocycles. The van der Waals surface area contributed by atoms with E-state index in [0.717, 1.165) is 57.6 Å². The van der Waals surface area contributed by atoms with E-state index in [4.69, 9.17) is 21.1 Å². The summed E-state index contributed by atoms with van der Waals surface area (Å²) in [6, 6.07) is 7.57. The third kappa shape index (κ3) is 5.99. The van der Waals surface area contributed by atoms with Crippen LogP contribution in [0, 0.1) is 5.92 Å². The first kappa shape index (κ1) is 20.2. The Morgan fingerprint density at radius 1 is 1.33 bits per heavy atom. The lowest BCUT2D eigenvalue weighted by Gasteiger charge is -2.29. The highest BCUT2D eigenvalue weighted by atomic mass is 35.5. The number of ether oxygens (including phenoxy) is 2. The Hall–Kier alpha value is -1.50. The Labute approximate surface area is 167 Å². The van der Waals surface area contributed by atoms with Gasteiger partial charge in [-0.2, -0.15) is 0 Å². The summed E-state index contributed by atoms with van der Waals surface area (Å²) in [5.74, 6) is 2.36. The maximum Gasteiger partial charge on any atom is 0.193 e. The molecule has 0 saturated carbocycles. The van der Waals surface area contributed by atoms with E-state index < -0.39 is 0 Å². The quantitative estimate of drug-likeness (QED) is 0.592. The smallest absolute Gasteiger partial charge is 0.193 e. The topological polar surface area (TPSA) is 49.3 Å². The van der Waals surface area contributed by atoms with Crippen LogP contribution in [0.3, 0.4) is 0 Å². The van der Waals surface area contributed by atoms with Crippen molar-refractivity contribution in [2.75, 3.05) is 59.5 Å². The van der Waals surface area contributed by atoms with Gasteiger partial charge in [0, 0.05) is 39.8 Å². The lowest BCUT2D eigenvalue weighted by atomic mass is 10.1. The maximum atomic E-state index is 6.17. The van der Waals surface area contributed by atoms with Crippen LogP contribution in [0.25, 0.3) is 0 Å². The van der Waals surface area contributed by atoms with Crippen LogP contribution in [-0.2, 0) is 4.74 Å². The Kier molecular flexibility index (Phi) is 7.61. The van der Waals surface area contributed by atoms with Gasteiger partial charge < -0.3 is 19.7 Å². The first-order valence-electron chi connectivity index (χ1n) is 9.82. The molecule has 0 spiro atoms. The second-order valence-electron chi connectivity index (χ2n) is 7.30. The molecule has 0 amide bonds. The minimum absolute atomic E-state index is 0.00611. The lowest BCUT2D eigenvalue weighted by Crippen LogP contribution is -2.44. The van der Waals surface area contributed by atoms with Crippen LogP contribution in [0.4, 0.5) is 0 Å². The van der Waals surface area contributed by atoms with E-state index >= 15 is 0 Å². The molecule has 0 radical (unpaired) electrons. The molecule has 2 fully saturated rings. The highest BCUT2D eigenvalue weighted by Gasteiger charge is 2.27. The van der Waals surface area contributed by atoms with Gasteiger partial charge in [0.2, 0.25) is 0 Å². The molecule has 27 heavy (non-hydrogen) atoms. The zero-order valence-electron chi connectivity index (χ0n) is 16.4. The number of hydrogen-bond acceptors (Lipinski definition) is 4. The van der Waals surface area contributed by atoms with Gasteiger partial charge in [0.15, 0.2) is 5.96 Å². The predicted octanol–water partition coefficient (Wildman–Crippen LogP) is 2.34. The van der Waals surface area contributed by atoms with Crippen molar-refractivity contribution in [3.63, 3.8) is 0 Å². The first-order chi connectivity index (χ1) is 13.2. The Morgan fingerprint density at radius 3 is 2.85 bits per heavy atom. The summed E-state index contributed by atoms with van der Waals surface area (Å²) in [7, 11) is 1.84. The van der Waals surface area contributed by atoms with Crippen LogP contribution in [0.2, 0.25) is 5.02 Å². The van der Waals surface area contributed by atoms with Crippen LogP contribution >= 0.6 is 11.6 Å². The molecule has 1 N–H and O–H groups in total. The number of benzene rings is 1. The number of likely N-dealkylation sites (tertiary alicyclic amines) is 1. The van der Waals surface area contributed by atoms with Gasteiger partial charge in [0.25, 0.3) is 0 Å². The summed E-state index contributed by atoms with van der Waals surface area (Å²) in [5.41, 5.74) is 0. The summed E-state index contributed by atoms with van der Waals surface area (Å²) >= 11 is 6.17. The van der Waals surface area contributed by atoms with E-state index in [1.54, 1.807) is 0 Å². The molecule has 7 heteroatoms. The third-order valence-corrected chi connectivity index (χ3v) is 5.44. The van der Waals surface area contributed by atoms with Crippen molar-refractivity contribution < 1.29 is 9.47 Å². The van der Waals surface area contributed by atoms with Crippen LogP contribution in [0.15, 0.2) is 29.3 Å². The highest BCUT2D eigenvalue weighted by Crippen LogP contribution is 2.24. The van der Waals surface area contributed by atoms with Gasteiger partial charge in [-0.05, 0) is 31.4 Å². The van der Waals surface area contributed by atoms with E-state index in [2.05, 4.69) is 20.1 Å². The summed E-state index contributed by atoms with van der Waals surface area (Å²) in [5, 5.41) is 4.09. The fourth-order valence-electron chi connectivity index (χ4n) is 3.69. The number of para-hydroxylation sites is 1. The maximum absolute atomic E-state index is 6.17. The minimum atomic E-state index is -0.00611. The van der Waals surface area contributed by atoms with Crippen LogP contribution in [0.1, 0.15) is 13.3 Å². The number of rotatable bonds is 6. The van der Waals surface area contributed by atoms with Gasteiger partial charge in [-0.3, -0.25) is 9.89 Å². The highest BCUT2D eigenvalue weighted by molar-refractivity contribution is 6.32. The van der Waals surface area contributed by atoms with Gasteiger partial charge in [0.1, 0.15) is 11.9 Å². The second-order valence-corrected chi connectivity index (χ2v) is 7.71. The Bertz CT molecular complexity index is 622. The Morgan fingerprint density at radius 2 is 2.11 bits per heavy atom. The lowest BCUT2D eigenvalue weighted by molar-refractivity contribution is 0.0315. The summed E-state index contributed by atoms with van der Waals surface area (Å²) in [4.78, 5) is 9.34. The zero-order valence-corrected chi connectivity index (χ0v) is 17.1. The van der Waals surface area contributed by atoms with Crippen molar-refractivity contribution in [3.8, 4) is 5.75 Å². The van der Waals surface area contributed by atoms with Gasteiger partial charge >= 0.3 is 0 Å². The van der Waals surface area contributed by atoms with Gasteiger partial charge in [0.05, 0.1) is 24.8 Å². The molecule has 0 aliphatic carbocycles. The largest absolute Gasteiger partial charge is 0.487 e. The number of aliphatic imine (C=N–C) groups is 1. The fraction of sp³-hybridized carbons (Fsp3) is 0.650. The number of nitrogens with one attached hydrogen (secondary N) is 1. The molecule has 1 aromatic carbocycles. The molecular formula is C20H31ClN4O2. The van der Waals surface area contributed by atoms with E-state index in [0.29, 0.717) is 17.5 Å². The van der Waals surface area contributed by atoms with E-state index in [-0.39, 0.29) is 6.10 Å². The molecule has 6 nitrogen and oxygen atoms in total. The minimum Gasteiger partial charge on any atom is -0.487 e. The molecule has 2 unspecified atom stereocenters. The van der Waals surface area contributed by atoms with Crippen molar-refractivity contribution in [1.82, 2.24) is 15.1 Å². The van der Waals surface area contributed by atoms with E-state index in [1.165, 1.54) is 6.42 Å². The normalized spacial score (nSPS) is 22.7. The average Bonchev–Trinajstić information content (AvgIpc) is 3.13. The molecule has 2 heterocycles. The van der Waals surface area contributed by atoms with E-state index in [1.807, 2.05) is 38.2 Å². The first-order valence-corrected chi connectivity index (χ1v) is 10.2. The van der Waals surface area contributed by atoms with E-state index in [9.17, 15) is 0 Å². The monoisotopic (exact) mass is 394 g/mol. The van der Waals surface area contributed by atoms with Crippen LogP contribution < -0.4 is 10.1 Å². The number of halogens is 1. The molecule has 2 aliphatic rings.